The van der Waals surface area contributed by atoms with Crippen molar-refractivity contribution < 1.29 is 18.7 Å². The lowest BCUT2D eigenvalue weighted by Gasteiger charge is -2.29. The van der Waals surface area contributed by atoms with E-state index >= 15 is 0 Å². The predicted octanol–water partition coefficient (Wildman–Crippen LogP) is 3.08. The molecule has 2 rings (SSSR count). The monoisotopic (exact) mass is 319 g/mol. The quantitative estimate of drug-likeness (QED) is 0.670. The van der Waals surface area contributed by atoms with Crippen molar-refractivity contribution in [1.29, 1.82) is 0 Å². The molecule has 1 fully saturated rings. The molecule has 1 saturated carbocycles. The summed E-state index contributed by atoms with van der Waals surface area (Å²) < 4.78 is 18.3. The zero-order valence-electron chi connectivity index (χ0n) is 13.3. The minimum atomic E-state index is -0.667. The van der Waals surface area contributed by atoms with E-state index in [1.807, 2.05) is 0 Å². The SMILES string of the molecule is C[C@@H]1CCCC[C@@H]1NC(=O)COC(=O)/C=C/c1ccccc1F. The molecule has 1 amide bonds. The molecule has 0 bridgehead atoms. The number of hydrogen-bond acceptors (Lipinski definition) is 3. The van der Waals surface area contributed by atoms with Crippen LogP contribution in [0.4, 0.5) is 4.39 Å². The van der Waals surface area contributed by atoms with E-state index in [1.54, 1.807) is 18.2 Å². The third-order valence-corrected chi connectivity index (χ3v) is 4.11. The maximum Gasteiger partial charge on any atom is 0.331 e. The number of ether oxygens (including phenoxy) is 1. The molecule has 0 spiro atoms. The summed E-state index contributed by atoms with van der Waals surface area (Å²) in [4.78, 5) is 23.4. The van der Waals surface area contributed by atoms with Gasteiger partial charge in [0.2, 0.25) is 0 Å². The molecule has 1 aliphatic rings. The summed E-state index contributed by atoms with van der Waals surface area (Å²) >= 11 is 0. The summed E-state index contributed by atoms with van der Waals surface area (Å²) in [6.45, 7) is 1.80. The van der Waals surface area contributed by atoms with Crippen molar-refractivity contribution >= 4 is 18.0 Å². The summed E-state index contributed by atoms with van der Waals surface area (Å²) in [5, 5.41) is 2.91. The van der Waals surface area contributed by atoms with Crippen molar-refractivity contribution in [3.05, 3.63) is 41.7 Å². The Balaban J connectivity index is 1.75. The van der Waals surface area contributed by atoms with Crippen LogP contribution in [0.1, 0.15) is 38.2 Å². The smallest absolute Gasteiger partial charge is 0.331 e. The van der Waals surface area contributed by atoms with Crippen LogP contribution in [0.2, 0.25) is 0 Å². The van der Waals surface area contributed by atoms with E-state index in [2.05, 4.69) is 12.2 Å². The fraction of sp³-hybridized carbons (Fsp3) is 0.444. The molecule has 0 aliphatic heterocycles. The first-order chi connectivity index (χ1) is 11.1. The van der Waals surface area contributed by atoms with Gasteiger partial charge in [-0.3, -0.25) is 4.79 Å². The average Bonchev–Trinajstić information content (AvgIpc) is 2.54. The van der Waals surface area contributed by atoms with E-state index in [1.165, 1.54) is 18.6 Å². The molecule has 1 aliphatic carbocycles. The highest BCUT2D eigenvalue weighted by atomic mass is 19.1. The Hall–Kier alpha value is -2.17. The molecule has 23 heavy (non-hydrogen) atoms. The minimum Gasteiger partial charge on any atom is -0.452 e. The first-order valence-corrected chi connectivity index (χ1v) is 7.95. The van der Waals surface area contributed by atoms with Gasteiger partial charge in [0, 0.05) is 17.7 Å². The summed E-state index contributed by atoms with van der Waals surface area (Å²) in [6, 6.07) is 6.26. The van der Waals surface area contributed by atoms with E-state index in [0.717, 1.165) is 25.3 Å². The molecule has 1 aromatic carbocycles. The zero-order valence-corrected chi connectivity index (χ0v) is 13.3. The first kappa shape index (κ1) is 17.2. The van der Waals surface area contributed by atoms with E-state index < -0.39 is 11.8 Å². The Morgan fingerprint density at radius 2 is 2.04 bits per heavy atom. The molecule has 0 aromatic heterocycles. The van der Waals surface area contributed by atoms with Crippen molar-refractivity contribution in [3.63, 3.8) is 0 Å². The molecular formula is C18H22FNO3. The Labute approximate surface area is 135 Å². The number of benzene rings is 1. The third-order valence-electron chi connectivity index (χ3n) is 4.11. The van der Waals surface area contributed by atoms with Crippen LogP contribution in [0.5, 0.6) is 0 Å². The second kappa shape index (κ2) is 8.46. The van der Waals surface area contributed by atoms with Crippen LogP contribution < -0.4 is 5.32 Å². The van der Waals surface area contributed by atoms with Gasteiger partial charge in [-0.15, -0.1) is 0 Å². The highest BCUT2D eigenvalue weighted by molar-refractivity contribution is 5.89. The van der Waals surface area contributed by atoms with Crippen LogP contribution >= 0.6 is 0 Å². The molecule has 5 heteroatoms. The molecule has 1 N–H and O–H groups in total. The first-order valence-electron chi connectivity index (χ1n) is 7.95. The topological polar surface area (TPSA) is 55.4 Å². The molecule has 0 saturated heterocycles. The van der Waals surface area contributed by atoms with Gasteiger partial charge in [0.1, 0.15) is 5.82 Å². The van der Waals surface area contributed by atoms with Crippen LogP contribution in [0.3, 0.4) is 0 Å². The van der Waals surface area contributed by atoms with Crippen molar-refractivity contribution in [1.82, 2.24) is 5.32 Å². The van der Waals surface area contributed by atoms with E-state index in [4.69, 9.17) is 4.74 Å². The van der Waals surface area contributed by atoms with Gasteiger partial charge in [-0.1, -0.05) is 38.0 Å². The van der Waals surface area contributed by atoms with Gasteiger partial charge >= 0.3 is 5.97 Å². The lowest BCUT2D eigenvalue weighted by atomic mass is 9.86. The zero-order chi connectivity index (χ0) is 16.7. The van der Waals surface area contributed by atoms with E-state index in [0.29, 0.717) is 11.5 Å². The molecule has 1 aromatic rings. The standard InChI is InChI=1S/C18H22FNO3/c1-13-6-2-5-9-16(13)20-17(21)12-23-18(22)11-10-14-7-3-4-8-15(14)19/h3-4,7-8,10-11,13,16H,2,5-6,9,12H2,1H3,(H,20,21)/b11-10+/t13-,16+/m1/s1. The van der Waals surface area contributed by atoms with Gasteiger partial charge in [-0.05, 0) is 30.9 Å². The number of carbonyl (C=O) groups is 2. The third kappa shape index (κ3) is 5.51. The molecular weight excluding hydrogens is 297 g/mol. The number of hydrogen-bond donors (Lipinski definition) is 1. The van der Waals surface area contributed by atoms with Gasteiger partial charge in [-0.2, -0.15) is 0 Å². The summed E-state index contributed by atoms with van der Waals surface area (Å²) in [6.07, 6.45) is 6.83. The van der Waals surface area contributed by atoms with Crippen molar-refractivity contribution in [3.8, 4) is 0 Å². The van der Waals surface area contributed by atoms with Crippen LogP contribution in [0.25, 0.3) is 6.08 Å². The molecule has 2 atom stereocenters. The number of rotatable bonds is 5. The predicted molar refractivity (Wildman–Crippen MR) is 86.0 cm³/mol. The molecule has 0 radical (unpaired) electrons. The highest BCUT2D eigenvalue weighted by Crippen LogP contribution is 2.23. The van der Waals surface area contributed by atoms with Crippen LogP contribution in [-0.2, 0) is 14.3 Å². The number of halogens is 1. The normalized spacial score (nSPS) is 21.1. The maximum atomic E-state index is 13.4. The minimum absolute atomic E-state index is 0.156. The van der Waals surface area contributed by atoms with Crippen molar-refractivity contribution in [2.75, 3.05) is 6.61 Å². The Morgan fingerprint density at radius 3 is 2.78 bits per heavy atom. The maximum absolute atomic E-state index is 13.4. The van der Waals surface area contributed by atoms with Gasteiger partial charge in [0.05, 0.1) is 0 Å². The average molecular weight is 319 g/mol. The second-order valence-electron chi connectivity index (χ2n) is 5.90. The Kier molecular flexibility index (Phi) is 6.32. The lowest BCUT2D eigenvalue weighted by Crippen LogP contribution is -2.42. The van der Waals surface area contributed by atoms with Gasteiger partial charge in [-0.25, -0.2) is 9.18 Å². The number of amides is 1. The summed E-state index contributed by atoms with van der Waals surface area (Å²) in [7, 11) is 0. The van der Waals surface area contributed by atoms with Crippen molar-refractivity contribution in [2.45, 2.75) is 38.6 Å². The Bertz CT molecular complexity index is 585. The van der Waals surface area contributed by atoms with Crippen LogP contribution in [-0.4, -0.2) is 24.5 Å². The van der Waals surface area contributed by atoms with Crippen LogP contribution in [0.15, 0.2) is 30.3 Å². The van der Waals surface area contributed by atoms with E-state index in [-0.39, 0.29) is 18.6 Å². The van der Waals surface area contributed by atoms with E-state index in [9.17, 15) is 14.0 Å². The molecule has 4 nitrogen and oxygen atoms in total. The largest absolute Gasteiger partial charge is 0.452 e. The molecule has 0 unspecified atom stereocenters. The van der Waals surface area contributed by atoms with Crippen molar-refractivity contribution in [2.24, 2.45) is 5.92 Å². The summed E-state index contributed by atoms with van der Waals surface area (Å²) in [5.74, 6) is -0.929. The summed E-state index contributed by atoms with van der Waals surface area (Å²) in [5.41, 5.74) is 0.296. The number of nitrogens with one attached hydrogen (secondary N) is 1. The molecule has 0 heterocycles. The number of carbonyl (C=O) groups excluding carboxylic acids is 2. The van der Waals surface area contributed by atoms with Gasteiger partial charge in [0.15, 0.2) is 6.61 Å². The van der Waals surface area contributed by atoms with Gasteiger partial charge < -0.3 is 10.1 Å². The van der Waals surface area contributed by atoms with Crippen LogP contribution in [0, 0.1) is 11.7 Å². The van der Waals surface area contributed by atoms with Gasteiger partial charge in [0.25, 0.3) is 5.91 Å². The highest BCUT2D eigenvalue weighted by Gasteiger charge is 2.22. The fourth-order valence-corrected chi connectivity index (χ4v) is 2.73. The lowest BCUT2D eigenvalue weighted by molar-refractivity contribution is -0.144. The number of esters is 1. The molecule has 124 valence electrons. The Morgan fingerprint density at radius 1 is 1.30 bits per heavy atom. The fourth-order valence-electron chi connectivity index (χ4n) is 2.73. The second-order valence-corrected chi connectivity index (χ2v) is 5.90.